The van der Waals surface area contributed by atoms with E-state index >= 15 is 0 Å². The summed E-state index contributed by atoms with van der Waals surface area (Å²) in [7, 11) is -2.36. The summed E-state index contributed by atoms with van der Waals surface area (Å²) in [5, 5.41) is 0.981. The van der Waals surface area contributed by atoms with Crippen molar-refractivity contribution in [2.45, 2.75) is 18.7 Å². The molecule has 0 unspecified atom stereocenters. The van der Waals surface area contributed by atoms with Crippen LogP contribution < -0.4 is 9.81 Å². The van der Waals surface area contributed by atoms with Gasteiger partial charge >= 0.3 is 21.7 Å². The SMILES string of the molecule is CCOC(=O)c1c(C)n(C)c2ccc(OS(=O)(=O)c3ccc4oc(=O)ccc4c3)cc12. The molecule has 0 saturated heterocycles. The average Bonchev–Trinajstić information content (AvgIpc) is 2.97. The molecule has 31 heavy (non-hydrogen) atoms. The van der Waals surface area contributed by atoms with E-state index in [-0.39, 0.29) is 22.8 Å². The maximum atomic E-state index is 12.8. The van der Waals surface area contributed by atoms with Gasteiger partial charge in [-0.2, -0.15) is 8.42 Å². The Morgan fingerprint density at radius 2 is 1.87 bits per heavy atom. The van der Waals surface area contributed by atoms with Gasteiger partial charge in [0, 0.05) is 35.1 Å². The van der Waals surface area contributed by atoms with Gasteiger partial charge in [-0.25, -0.2) is 9.59 Å². The van der Waals surface area contributed by atoms with Crippen LogP contribution in [0, 0.1) is 6.92 Å². The minimum atomic E-state index is -4.17. The van der Waals surface area contributed by atoms with Crippen molar-refractivity contribution in [3.8, 4) is 5.75 Å². The number of hydrogen-bond donors (Lipinski definition) is 0. The van der Waals surface area contributed by atoms with E-state index in [1.807, 2.05) is 11.6 Å². The molecule has 0 spiro atoms. The molecule has 2 aromatic carbocycles. The fourth-order valence-corrected chi connectivity index (χ4v) is 4.40. The highest BCUT2D eigenvalue weighted by atomic mass is 32.2. The molecule has 0 bridgehead atoms. The second kappa shape index (κ2) is 7.59. The number of benzene rings is 2. The second-order valence-electron chi connectivity index (χ2n) is 6.91. The minimum absolute atomic E-state index is 0.0586. The number of rotatable bonds is 5. The van der Waals surface area contributed by atoms with Crippen molar-refractivity contribution in [3.05, 3.63) is 70.2 Å². The molecule has 0 fully saturated rings. The molecule has 9 heteroatoms. The number of esters is 1. The van der Waals surface area contributed by atoms with Crippen molar-refractivity contribution in [2.24, 2.45) is 7.05 Å². The first-order chi connectivity index (χ1) is 14.7. The third-order valence-corrected chi connectivity index (χ3v) is 6.27. The highest BCUT2D eigenvalue weighted by Crippen LogP contribution is 2.31. The van der Waals surface area contributed by atoms with Gasteiger partial charge in [0.15, 0.2) is 0 Å². The van der Waals surface area contributed by atoms with Crippen LogP contribution in [0.3, 0.4) is 0 Å². The van der Waals surface area contributed by atoms with Crippen LogP contribution in [0.5, 0.6) is 5.75 Å². The summed E-state index contributed by atoms with van der Waals surface area (Å²) in [5.74, 6) is -0.426. The van der Waals surface area contributed by atoms with E-state index in [2.05, 4.69) is 0 Å². The first kappa shape index (κ1) is 20.7. The van der Waals surface area contributed by atoms with Crippen LogP contribution in [-0.4, -0.2) is 25.6 Å². The fourth-order valence-electron chi connectivity index (χ4n) is 3.44. The smallest absolute Gasteiger partial charge is 0.340 e. The molecule has 0 aliphatic heterocycles. The number of fused-ring (bicyclic) bond motifs is 2. The van der Waals surface area contributed by atoms with Gasteiger partial charge in [0.25, 0.3) is 0 Å². The third-order valence-electron chi connectivity index (χ3n) is 5.03. The maximum Gasteiger partial charge on any atom is 0.340 e. The van der Waals surface area contributed by atoms with Gasteiger partial charge in [-0.05, 0) is 56.3 Å². The molecule has 2 heterocycles. The van der Waals surface area contributed by atoms with Gasteiger partial charge in [0.1, 0.15) is 16.2 Å². The molecule has 4 rings (SSSR count). The zero-order chi connectivity index (χ0) is 22.3. The van der Waals surface area contributed by atoms with Crippen LogP contribution in [0.15, 0.2) is 62.6 Å². The Labute approximate surface area is 177 Å². The lowest BCUT2D eigenvalue weighted by molar-refractivity contribution is 0.0527. The van der Waals surface area contributed by atoms with Crippen molar-refractivity contribution in [3.63, 3.8) is 0 Å². The summed E-state index contributed by atoms with van der Waals surface area (Å²) >= 11 is 0. The van der Waals surface area contributed by atoms with E-state index in [0.29, 0.717) is 22.0 Å². The molecule has 8 nitrogen and oxygen atoms in total. The lowest BCUT2D eigenvalue weighted by atomic mass is 10.1. The molecule has 0 radical (unpaired) electrons. The highest BCUT2D eigenvalue weighted by molar-refractivity contribution is 7.87. The van der Waals surface area contributed by atoms with E-state index in [0.717, 1.165) is 5.52 Å². The van der Waals surface area contributed by atoms with E-state index in [1.165, 1.54) is 42.5 Å². The quantitative estimate of drug-likeness (QED) is 0.265. The number of ether oxygens (including phenoxy) is 1. The summed E-state index contributed by atoms with van der Waals surface area (Å²) in [6.07, 6.45) is 0. The van der Waals surface area contributed by atoms with Gasteiger partial charge in [-0.1, -0.05) is 0 Å². The van der Waals surface area contributed by atoms with Crippen LogP contribution in [0.1, 0.15) is 23.0 Å². The molecule has 0 amide bonds. The molecular formula is C22H19NO7S. The summed E-state index contributed by atoms with van der Waals surface area (Å²) in [6.45, 7) is 3.73. The third kappa shape index (κ3) is 3.68. The van der Waals surface area contributed by atoms with E-state index in [9.17, 15) is 18.0 Å². The zero-order valence-electron chi connectivity index (χ0n) is 17.0. The van der Waals surface area contributed by atoms with Crippen molar-refractivity contribution in [1.29, 1.82) is 0 Å². The van der Waals surface area contributed by atoms with Gasteiger partial charge in [0.05, 0.1) is 12.2 Å². The summed E-state index contributed by atoms with van der Waals surface area (Å²) in [4.78, 5) is 23.7. The first-order valence-electron chi connectivity index (χ1n) is 9.46. The summed E-state index contributed by atoms with van der Waals surface area (Å²) in [6, 6.07) is 11.5. The van der Waals surface area contributed by atoms with E-state index < -0.39 is 21.7 Å². The molecule has 0 atom stereocenters. The lowest BCUT2D eigenvalue weighted by Crippen LogP contribution is -2.10. The maximum absolute atomic E-state index is 12.8. The molecule has 0 N–H and O–H groups in total. The number of carbonyl (C=O) groups is 1. The Morgan fingerprint density at radius 3 is 2.61 bits per heavy atom. The second-order valence-corrected chi connectivity index (χ2v) is 8.46. The first-order valence-corrected chi connectivity index (χ1v) is 10.9. The topological polar surface area (TPSA) is 105 Å². The predicted molar refractivity (Wildman–Crippen MR) is 114 cm³/mol. The number of hydrogen-bond acceptors (Lipinski definition) is 7. The van der Waals surface area contributed by atoms with Gasteiger partial charge in [-0.15, -0.1) is 0 Å². The highest BCUT2D eigenvalue weighted by Gasteiger charge is 2.22. The Balaban J connectivity index is 1.75. The zero-order valence-corrected chi connectivity index (χ0v) is 17.9. The molecule has 0 saturated carbocycles. The molecule has 0 aliphatic rings. The molecule has 160 valence electrons. The molecule has 4 aromatic rings. The number of aromatic nitrogens is 1. The van der Waals surface area contributed by atoms with Crippen LogP contribution in [-0.2, 0) is 21.9 Å². The van der Waals surface area contributed by atoms with Crippen molar-refractivity contribution < 1.29 is 26.5 Å². The summed E-state index contributed by atoms with van der Waals surface area (Å²) < 4.78 is 43.0. The minimum Gasteiger partial charge on any atom is -0.462 e. The largest absolute Gasteiger partial charge is 0.462 e. The predicted octanol–water partition coefficient (Wildman–Crippen LogP) is 3.54. The monoisotopic (exact) mass is 441 g/mol. The Morgan fingerprint density at radius 1 is 1.10 bits per heavy atom. The Hall–Kier alpha value is -3.59. The Bertz CT molecular complexity index is 1500. The number of nitrogens with zero attached hydrogens (tertiary/aromatic N) is 1. The van der Waals surface area contributed by atoms with Gasteiger partial charge < -0.3 is 17.9 Å². The molecule has 0 aliphatic carbocycles. The van der Waals surface area contributed by atoms with Crippen LogP contribution in [0.2, 0.25) is 0 Å². The van der Waals surface area contributed by atoms with Crippen LogP contribution in [0.4, 0.5) is 0 Å². The molecule has 2 aromatic heterocycles. The fraction of sp³-hybridized carbons (Fsp3) is 0.182. The van der Waals surface area contributed by atoms with Crippen molar-refractivity contribution >= 4 is 38.0 Å². The van der Waals surface area contributed by atoms with Crippen LogP contribution in [0.25, 0.3) is 21.9 Å². The average molecular weight is 441 g/mol. The standard InChI is InChI=1S/C22H19NO7S/c1-4-28-22(25)21-13(2)23(3)18-8-6-15(12-17(18)21)30-31(26,27)16-7-9-19-14(11-16)5-10-20(24)29-19/h5-12H,4H2,1-3H3. The van der Waals surface area contributed by atoms with Gasteiger partial charge in [0.2, 0.25) is 0 Å². The van der Waals surface area contributed by atoms with Crippen LogP contribution >= 0.6 is 0 Å². The van der Waals surface area contributed by atoms with E-state index in [1.54, 1.807) is 19.9 Å². The van der Waals surface area contributed by atoms with E-state index in [4.69, 9.17) is 13.3 Å². The normalized spacial score (nSPS) is 11.7. The lowest BCUT2D eigenvalue weighted by Gasteiger charge is -2.08. The number of carbonyl (C=O) groups excluding carboxylic acids is 1. The van der Waals surface area contributed by atoms with Gasteiger partial charge in [-0.3, -0.25) is 0 Å². The number of aryl methyl sites for hydroxylation is 1. The van der Waals surface area contributed by atoms with Crippen molar-refractivity contribution in [2.75, 3.05) is 6.61 Å². The van der Waals surface area contributed by atoms with Crippen molar-refractivity contribution in [1.82, 2.24) is 4.57 Å². The summed E-state index contributed by atoms with van der Waals surface area (Å²) in [5.41, 5.74) is 1.55. The Kier molecular flexibility index (Phi) is 5.06. The molecular weight excluding hydrogens is 422 g/mol.